The SMILES string of the molecule is Cn1cccc1-c1noc(C2CCN(C(=O)CCc3nc4ccccc4s3)CC2)n1. The summed E-state index contributed by atoms with van der Waals surface area (Å²) >= 11 is 1.67. The Morgan fingerprint density at radius 3 is 2.77 bits per heavy atom. The number of likely N-dealkylation sites (tertiary alicyclic amines) is 1. The number of amides is 1. The van der Waals surface area contributed by atoms with Gasteiger partial charge in [-0.2, -0.15) is 4.98 Å². The molecule has 4 aromatic rings. The van der Waals surface area contributed by atoms with Crippen molar-refractivity contribution in [3.05, 3.63) is 53.5 Å². The van der Waals surface area contributed by atoms with Crippen molar-refractivity contribution in [3.8, 4) is 11.5 Å². The molecule has 7 nitrogen and oxygen atoms in total. The zero-order valence-corrected chi connectivity index (χ0v) is 17.6. The summed E-state index contributed by atoms with van der Waals surface area (Å²) in [5.74, 6) is 1.70. The molecule has 0 spiro atoms. The molecule has 0 unspecified atom stereocenters. The van der Waals surface area contributed by atoms with Gasteiger partial charge in [-0.25, -0.2) is 4.98 Å². The Kier molecular flexibility index (Phi) is 5.08. The number of aromatic nitrogens is 4. The van der Waals surface area contributed by atoms with Crippen LogP contribution in [0, 0.1) is 0 Å². The number of fused-ring (bicyclic) bond motifs is 1. The van der Waals surface area contributed by atoms with Crippen LogP contribution < -0.4 is 0 Å². The topological polar surface area (TPSA) is 77.0 Å². The van der Waals surface area contributed by atoms with Crippen LogP contribution in [0.2, 0.25) is 0 Å². The average Bonchev–Trinajstić information content (AvgIpc) is 3.51. The molecule has 8 heteroatoms. The van der Waals surface area contributed by atoms with Crippen LogP contribution in [0.3, 0.4) is 0 Å². The summed E-state index contributed by atoms with van der Waals surface area (Å²) in [5.41, 5.74) is 1.95. The predicted octanol–water partition coefficient (Wildman–Crippen LogP) is 4.02. The maximum atomic E-state index is 12.7. The van der Waals surface area contributed by atoms with Gasteiger partial charge in [0.2, 0.25) is 17.6 Å². The summed E-state index contributed by atoms with van der Waals surface area (Å²) in [7, 11) is 1.96. The quantitative estimate of drug-likeness (QED) is 0.486. The second kappa shape index (κ2) is 8.02. The molecule has 4 heterocycles. The maximum absolute atomic E-state index is 12.7. The summed E-state index contributed by atoms with van der Waals surface area (Å²) in [4.78, 5) is 23.9. The average molecular weight is 422 g/mol. The molecule has 5 rings (SSSR count). The second-order valence-electron chi connectivity index (χ2n) is 7.69. The Hall–Kier alpha value is -3.00. The molecule has 1 aliphatic heterocycles. The van der Waals surface area contributed by atoms with Gasteiger partial charge < -0.3 is 14.0 Å². The number of nitrogens with zero attached hydrogens (tertiary/aromatic N) is 5. The smallest absolute Gasteiger partial charge is 0.230 e. The van der Waals surface area contributed by atoms with E-state index in [1.165, 1.54) is 4.70 Å². The van der Waals surface area contributed by atoms with Crippen LogP contribution in [0.4, 0.5) is 0 Å². The number of rotatable bonds is 5. The lowest BCUT2D eigenvalue weighted by molar-refractivity contribution is -0.132. The lowest BCUT2D eigenvalue weighted by Crippen LogP contribution is -2.38. The number of piperidine rings is 1. The van der Waals surface area contributed by atoms with Crippen LogP contribution in [0.25, 0.3) is 21.7 Å². The van der Waals surface area contributed by atoms with Crippen molar-refractivity contribution >= 4 is 27.5 Å². The Bertz CT molecular complexity index is 1140. The number of hydrogen-bond donors (Lipinski definition) is 0. The van der Waals surface area contributed by atoms with Crippen LogP contribution in [0.15, 0.2) is 47.1 Å². The van der Waals surface area contributed by atoms with Gasteiger partial charge in [-0.15, -0.1) is 11.3 Å². The lowest BCUT2D eigenvalue weighted by Gasteiger charge is -2.30. The van der Waals surface area contributed by atoms with E-state index in [1.807, 2.05) is 53.0 Å². The molecule has 1 amide bonds. The number of aryl methyl sites for hydroxylation is 2. The van der Waals surface area contributed by atoms with Crippen molar-refractivity contribution in [1.29, 1.82) is 0 Å². The number of carbonyl (C=O) groups excluding carboxylic acids is 1. The van der Waals surface area contributed by atoms with E-state index < -0.39 is 0 Å². The Labute approximate surface area is 178 Å². The van der Waals surface area contributed by atoms with Crippen LogP contribution in [0.5, 0.6) is 0 Å². The fourth-order valence-corrected chi connectivity index (χ4v) is 4.94. The van der Waals surface area contributed by atoms with Crippen molar-refractivity contribution in [3.63, 3.8) is 0 Å². The Balaban J connectivity index is 1.15. The third-order valence-electron chi connectivity index (χ3n) is 5.70. The first-order chi connectivity index (χ1) is 14.7. The third kappa shape index (κ3) is 3.75. The van der Waals surface area contributed by atoms with Gasteiger partial charge in [0.1, 0.15) is 0 Å². The molecule has 0 atom stereocenters. The van der Waals surface area contributed by atoms with Crippen molar-refractivity contribution < 1.29 is 9.32 Å². The second-order valence-corrected chi connectivity index (χ2v) is 8.81. The predicted molar refractivity (Wildman–Crippen MR) is 115 cm³/mol. The molecule has 30 heavy (non-hydrogen) atoms. The minimum atomic E-state index is 0.197. The van der Waals surface area contributed by atoms with E-state index >= 15 is 0 Å². The highest BCUT2D eigenvalue weighted by Gasteiger charge is 2.28. The number of hydrogen-bond acceptors (Lipinski definition) is 6. The molecule has 0 saturated carbocycles. The molecule has 1 fully saturated rings. The summed E-state index contributed by atoms with van der Waals surface area (Å²) in [6.07, 6.45) is 4.86. The Morgan fingerprint density at radius 1 is 1.17 bits per heavy atom. The number of benzene rings is 1. The normalized spacial score (nSPS) is 15.2. The lowest BCUT2D eigenvalue weighted by atomic mass is 9.96. The van der Waals surface area contributed by atoms with E-state index in [0.29, 0.717) is 24.6 Å². The van der Waals surface area contributed by atoms with E-state index in [2.05, 4.69) is 21.2 Å². The van der Waals surface area contributed by atoms with Gasteiger partial charge in [0.05, 0.1) is 20.9 Å². The first-order valence-electron chi connectivity index (χ1n) is 10.2. The zero-order valence-electron chi connectivity index (χ0n) is 16.8. The van der Waals surface area contributed by atoms with E-state index in [0.717, 1.165) is 42.1 Å². The molecule has 1 aromatic carbocycles. The van der Waals surface area contributed by atoms with Crippen LogP contribution >= 0.6 is 11.3 Å². The fraction of sp³-hybridized carbons (Fsp3) is 0.364. The minimum absolute atomic E-state index is 0.197. The van der Waals surface area contributed by atoms with E-state index in [-0.39, 0.29) is 11.8 Å². The van der Waals surface area contributed by atoms with E-state index in [1.54, 1.807) is 11.3 Å². The fourth-order valence-electron chi connectivity index (χ4n) is 3.97. The zero-order chi connectivity index (χ0) is 20.5. The monoisotopic (exact) mass is 421 g/mol. The van der Waals surface area contributed by atoms with Gasteiger partial charge >= 0.3 is 0 Å². The van der Waals surface area contributed by atoms with E-state index in [4.69, 9.17) is 4.52 Å². The first-order valence-corrected chi connectivity index (χ1v) is 11.1. The standard InChI is InChI=1S/C22H23N5O2S/c1-26-12-4-6-17(26)21-24-22(29-25-21)15-10-13-27(14-11-15)20(28)9-8-19-23-16-5-2-3-7-18(16)30-19/h2-7,12,15H,8-11,13-14H2,1H3. The van der Waals surface area contributed by atoms with E-state index in [9.17, 15) is 4.79 Å². The molecule has 1 saturated heterocycles. The van der Waals surface area contributed by atoms with Gasteiger partial charge in [-0.05, 0) is 37.1 Å². The van der Waals surface area contributed by atoms with Gasteiger partial charge in [0.15, 0.2) is 0 Å². The third-order valence-corrected chi connectivity index (χ3v) is 6.80. The molecule has 0 radical (unpaired) electrons. The molecule has 0 bridgehead atoms. The number of para-hydroxylation sites is 1. The van der Waals surface area contributed by atoms with Crippen LogP contribution in [0.1, 0.15) is 36.1 Å². The van der Waals surface area contributed by atoms with Gasteiger partial charge in [0.25, 0.3) is 0 Å². The molecule has 1 aliphatic rings. The van der Waals surface area contributed by atoms with Crippen molar-refractivity contribution in [2.75, 3.05) is 13.1 Å². The summed E-state index contributed by atoms with van der Waals surface area (Å²) in [5, 5.41) is 5.16. The molecule has 0 N–H and O–H groups in total. The van der Waals surface area contributed by atoms with Gasteiger partial charge in [-0.3, -0.25) is 4.79 Å². The molecule has 3 aromatic heterocycles. The van der Waals surface area contributed by atoms with Crippen molar-refractivity contribution in [2.45, 2.75) is 31.6 Å². The summed E-state index contributed by atoms with van der Waals surface area (Å²) in [6.45, 7) is 1.45. The largest absolute Gasteiger partial charge is 0.348 e. The Morgan fingerprint density at radius 2 is 2.00 bits per heavy atom. The molecular weight excluding hydrogens is 398 g/mol. The first kappa shape index (κ1) is 19.0. The molecule has 0 aliphatic carbocycles. The van der Waals surface area contributed by atoms with Gasteiger partial charge in [-0.1, -0.05) is 17.3 Å². The van der Waals surface area contributed by atoms with Gasteiger partial charge in [0, 0.05) is 45.1 Å². The van der Waals surface area contributed by atoms with Crippen molar-refractivity contribution in [1.82, 2.24) is 24.6 Å². The highest BCUT2D eigenvalue weighted by Crippen LogP contribution is 2.29. The van der Waals surface area contributed by atoms with Crippen LogP contribution in [-0.2, 0) is 18.3 Å². The van der Waals surface area contributed by atoms with Crippen molar-refractivity contribution in [2.24, 2.45) is 7.05 Å². The van der Waals surface area contributed by atoms with Crippen LogP contribution in [-0.4, -0.2) is 43.6 Å². The minimum Gasteiger partial charge on any atom is -0.348 e. The summed E-state index contributed by atoms with van der Waals surface area (Å²) in [6, 6.07) is 12.0. The molecular formula is C22H23N5O2S. The number of carbonyl (C=O) groups is 1. The summed E-state index contributed by atoms with van der Waals surface area (Å²) < 4.78 is 8.68. The highest BCUT2D eigenvalue weighted by molar-refractivity contribution is 7.18. The highest BCUT2D eigenvalue weighted by atomic mass is 32.1. The maximum Gasteiger partial charge on any atom is 0.230 e. The molecule has 154 valence electrons. The number of thiazole rings is 1.